The van der Waals surface area contributed by atoms with Gasteiger partial charge in [-0.2, -0.15) is 0 Å². The molecule has 3 N–H and O–H groups in total. The highest BCUT2D eigenvalue weighted by Gasteiger charge is 2.50. The summed E-state index contributed by atoms with van der Waals surface area (Å²) < 4.78 is 28.4. The Morgan fingerprint density at radius 3 is 1.10 bits per heavy atom. The van der Waals surface area contributed by atoms with E-state index in [2.05, 4.69) is 179 Å². The van der Waals surface area contributed by atoms with Crippen LogP contribution in [0.5, 0.6) is 0 Å². The third kappa shape index (κ3) is 46.4. The molecule has 83 heavy (non-hydrogen) atoms. The minimum atomic E-state index is -1.93. The molecule has 0 aromatic rings. The number of carboxylic acids is 1. The van der Waals surface area contributed by atoms with Crippen LogP contribution in [0.15, 0.2) is 158 Å². The van der Waals surface area contributed by atoms with E-state index in [1.165, 1.54) is 0 Å². The summed E-state index contributed by atoms with van der Waals surface area (Å²) in [5.74, 6) is -3.25. The van der Waals surface area contributed by atoms with E-state index < -0.39 is 67.3 Å². The van der Waals surface area contributed by atoms with E-state index >= 15 is 0 Å². The average molecular weight is 1150 g/mol. The lowest BCUT2D eigenvalue weighted by molar-refractivity contribution is -0.301. The van der Waals surface area contributed by atoms with E-state index in [1.54, 1.807) is 0 Å². The number of hydrogen-bond donors (Lipinski definition) is 3. The Labute approximate surface area is 501 Å². The van der Waals surface area contributed by atoms with Gasteiger partial charge in [-0.05, 0) is 141 Å². The molecule has 464 valence electrons. The number of rotatable bonds is 51. The Kier molecular flexibility index (Phi) is 51.6. The number of aliphatic hydroxyl groups excluding tert-OH is 2. The topological polar surface area (TPSA) is 175 Å². The number of ether oxygens (including phenoxy) is 5. The first kappa shape index (κ1) is 75.4. The molecule has 1 aliphatic rings. The number of carbonyl (C=O) groups is 4. The Morgan fingerprint density at radius 1 is 0.398 bits per heavy atom. The van der Waals surface area contributed by atoms with Crippen molar-refractivity contribution in [3.05, 3.63) is 158 Å². The molecule has 0 radical (unpaired) electrons. The largest absolute Gasteiger partial charge is 0.479 e. The van der Waals surface area contributed by atoms with Gasteiger partial charge in [0.1, 0.15) is 18.8 Å². The summed E-state index contributed by atoms with van der Waals surface area (Å²) in [7, 11) is 0. The second kappa shape index (κ2) is 56.8. The minimum absolute atomic E-state index is 0.0162. The van der Waals surface area contributed by atoms with Crippen LogP contribution in [0.1, 0.15) is 213 Å². The standard InChI is InChI=1S/C71H108O12/c1-4-7-10-13-16-19-22-25-28-31-32-35-36-39-42-45-48-51-54-57-63(72)79-60-62(81-64(73)58-55-52-49-46-43-40-37-33-29-26-23-20-17-14-11-8-5-2)61-80-71-69(67(76)66(75)68(83-71)70(77)78)82-65(74)59-56-53-50-47-44-41-38-34-30-27-24-21-18-15-12-9-6-3/h7-12,16-21,25-30,32,35,37-42,62,66-69,71,75-76H,4-6,13-15,22-24,31,33-34,36,43-61H2,1-3H3,(H,77,78)/b10-7-,11-8-,12-9-,19-16-,20-17-,21-18-,28-25-,29-26-,30-27-,35-32-,40-37-,41-38-,42-39-. The highest BCUT2D eigenvalue weighted by molar-refractivity contribution is 5.74. The number of carbonyl (C=O) groups excluding carboxylic acids is 3. The summed E-state index contributed by atoms with van der Waals surface area (Å²) in [5.41, 5.74) is 0. The molecule has 0 spiro atoms. The zero-order chi connectivity index (χ0) is 60.3. The van der Waals surface area contributed by atoms with Crippen molar-refractivity contribution in [1.29, 1.82) is 0 Å². The number of carboxylic acid groups (broad SMARTS) is 1. The van der Waals surface area contributed by atoms with E-state index in [-0.39, 0.29) is 25.9 Å². The Balaban J connectivity index is 2.75. The monoisotopic (exact) mass is 1150 g/mol. The molecule has 1 aliphatic heterocycles. The number of allylic oxidation sites excluding steroid dienone is 26. The van der Waals surface area contributed by atoms with E-state index in [0.29, 0.717) is 19.3 Å². The molecule has 0 amide bonds. The zero-order valence-corrected chi connectivity index (χ0v) is 51.1. The molecule has 0 saturated carbocycles. The number of esters is 3. The van der Waals surface area contributed by atoms with Crippen LogP contribution in [0.3, 0.4) is 0 Å². The highest BCUT2D eigenvalue weighted by Crippen LogP contribution is 2.26. The summed E-state index contributed by atoms with van der Waals surface area (Å²) >= 11 is 0. The fraction of sp³-hybridized carbons (Fsp3) is 0.577. The lowest BCUT2D eigenvalue weighted by Crippen LogP contribution is -2.61. The maximum absolute atomic E-state index is 13.2. The molecule has 0 bridgehead atoms. The average Bonchev–Trinajstić information content (AvgIpc) is 3.59. The quantitative estimate of drug-likeness (QED) is 0.0228. The number of aliphatic hydroxyl groups is 2. The molecule has 1 fully saturated rings. The molecule has 1 heterocycles. The van der Waals surface area contributed by atoms with Crippen molar-refractivity contribution in [3.8, 4) is 0 Å². The van der Waals surface area contributed by atoms with Gasteiger partial charge in [-0.15, -0.1) is 0 Å². The van der Waals surface area contributed by atoms with Gasteiger partial charge in [0, 0.05) is 19.3 Å². The van der Waals surface area contributed by atoms with Crippen LogP contribution in [0.2, 0.25) is 0 Å². The van der Waals surface area contributed by atoms with E-state index in [9.17, 15) is 34.5 Å². The van der Waals surface area contributed by atoms with Gasteiger partial charge >= 0.3 is 23.9 Å². The van der Waals surface area contributed by atoms with Crippen molar-refractivity contribution < 1.29 is 58.2 Å². The van der Waals surface area contributed by atoms with Gasteiger partial charge in [0.05, 0.1) is 6.61 Å². The molecule has 1 saturated heterocycles. The van der Waals surface area contributed by atoms with Crippen LogP contribution in [0, 0.1) is 0 Å². The molecule has 0 aliphatic carbocycles. The number of aliphatic carboxylic acids is 1. The summed E-state index contributed by atoms with van der Waals surface area (Å²) in [6.45, 7) is 5.59. The van der Waals surface area contributed by atoms with Crippen LogP contribution >= 0.6 is 0 Å². The second-order valence-corrected chi connectivity index (χ2v) is 20.5. The summed E-state index contributed by atoms with van der Waals surface area (Å²) in [5, 5.41) is 31.6. The second-order valence-electron chi connectivity index (χ2n) is 20.5. The van der Waals surface area contributed by atoms with Crippen molar-refractivity contribution in [2.24, 2.45) is 0 Å². The van der Waals surface area contributed by atoms with Crippen molar-refractivity contribution >= 4 is 23.9 Å². The molecule has 12 heteroatoms. The van der Waals surface area contributed by atoms with Gasteiger partial charge in [0.2, 0.25) is 0 Å². The molecule has 6 atom stereocenters. The van der Waals surface area contributed by atoms with Crippen LogP contribution in [0.4, 0.5) is 0 Å². The van der Waals surface area contributed by atoms with Crippen molar-refractivity contribution in [1.82, 2.24) is 0 Å². The molecule has 1 rings (SSSR count). The normalized spacial score (nSPS) is 18.7. The molecule has 12 nitrogen and oxygen atoms in total. The van der Waals surface area contributed by atoms with E-state index in [0.717, 1.165) is 154 Å². The van der Waals surface area contributed by atoms with Gasteiger partial charge in [-0.1, -0.05) is 211 Å². The summed E-state index contributed by atoms with van der Waals surface area (Å²) in [6.07, 6.45) is 70.5. The van der Waals surface area contributed by atoms with Crippen molar-refractivity contribution in [2.75, 3.05) is 13.2 Å². The minimum Gasteiger partial charge on any atom is -0.479 e. The van der Waals surface area contributed by atoms with E-state index in [4.69, 9.17) is 23.7 Å². The predicted octanol–water partition coefficient (Wildman–Crippen LogP) is 16.9. The van der Waals surface area contributed by atoms with Crippen molar-refractivity contribution in [3.63, 3.8) is 0 Å². The van der Waals surface area contributed by atoms with Gasteiger partial charge in [0.25, 0.3) is 0 Å². The molecule has 0 aromatic heterocycles. The first-order valence-corrected chi connectivity index (χ1v) is 31.5. The van der Waals surface area contributed by atoms with E-state index in [1.807, 2.05) is 0 Å². The van der Waals surface area contributed by atoms with Crippen LogP contribution in [0.25, 0.3) is 0 Å². The van der Waals surface area contributed by atoms with Gasteiger partial charge in [-0.25, -0.2) is 4.79 Å². The highest BCUT2D eigenvalue weighted by atomic mass is 16.7. The Bertz CT molecular complexity index is 2050. The third-order valence-corrected chi connectivity index (χ3v) is 13.1. The van der Waals surface area contributed by atoms with Gasteiger partial charge in [0.15, 0.2) is 24.6 Å². The van der Waals surface area contributed by atoms with Gasteiger partial charge < -0.3 is 39.0 Å². The third-order valence-electron chi connectivity index (χ3n) is 13.1. The van der Waals surface area contributed by atoms with Crippen LogP contribution in [-0.2, 0) is 42.9 Å². The molecule has 0 aromatic carbocycles. The lowest BCUT2D eigenvalue weighted by Gasteiger charge is -2.40. The fourth-order valence-corrected chi connectivity index (χ4v) is 8.37. The molecular weight excluding hydrogens is 1040 g/mol. The first-order valence-electron chi connectivity index (χ1n) is 31.5. The summed E-state index contributed by atoms with van der Waals surface area (Å²) in [4.78, 5) is 51.3. The van der Waals surface area contributed by atoms with Crippen LogP contribution < -0.4 is 0 Å². The SMILES string of the molecule is CC/C=C\C/C=C\C/C=C\C/C=C\C/C=C\CCCCCC(=O)OCC(COC1OC(C(=O)O)C(O)C(O)C1OC(=O)CCCCCC/C=C\C/C=C\C/C=C\C/C=C\CC)OC(=O)CCCCCC/C=C\C/C=C\C/C=C\C/C=C\CC. The molecular formula is C71H108O12. The molecule has 6 unspecified atom stereocenters. The maximum Gasteiger partial charge on any atom is 0.335 e. The predicted molar refractivity (Wildman–Crippen MR) is 339 cm³/mol. The maximum atomic E-state index is 13.2. The number of unbranched alkanes of at least 4 members (excludes halogenated alkanes) is 11. The lowest BCUT2D eigenvalue weighted by atomic mass is 9.98. The number of hydrogen-bond acceptors (Lipinski definition) is 11. The van der Waals surface area contributed by atoms with Crippen LogP contribution in [-0.4, -0.2) is 89.2 Å². The Hall–Kier alpha value is -5.66. The van der Waals surface area contributed by atoms with Crippen molar-refractivity contribution in [2.45, 2.75) is 250 Å². The fourth-order valence-electron chi connectivity index (χ4n) is 8.37. The van der Waals surface area contributed by atoms with Gasteiger partial charge in [-0.3, -0.25) is 14.4 Å². The summed E-state index contributed by atoms with van der Waals surface area (Å²) in [6, 6.07) is 0. The smallest absolute Gasteiger partial charge is 0.335 e. The zero-order valence-electron chi connectivity index (χ0n) is 51.1. The Morgan fingerprint density at radius 2 is 0.723 bits per heavy atom. The first-order chi connectivity index (χ1) is 40.6.